The Bertz CT molecular complexity index is 1190. The van der Waals surface area contributed by atoms with E-state index in [0.717, 1.165) is 15.4 Å². The summed E-state index contributed by atoms with van der Waals surface area (Å²) in [4.78, 5) is 23.0. The van der Waals surface area contributed by atoms with Gasteiger partial charge in [0, 0.05) is 30.9 Å². The van der Waals surface area contributed by atoms with Crippen LogP contribution in [0.5, 0.6) is 11.5 Å². The molecule has 0 aliphatic rings. The van der Waals surface area contributed by atoms with Crippen molar-refractivity contribution in [3.63, 3.8) is 0 Å². The van der Waals surface area contributed by atoms with Crippen molar-refractivity contribution in [1.29, 1.82) is 0 Å². The fraction of sp³-hybridized carbons (Fsp3) is 0.190. The number of amides is 1. The molecule has 7 nitrogen and oxygen atoms in total. The van der Waals surface area contributed by atoms with Crippen molar-refractivity contribution in [2.24, 2.45) is 7.05 Å². The first-order valence-corrected chi connectivity index (χ1v) is 11.3. The molecular formula is C21H19ClN4O3S2. The second-order valence-corrected chi connectivity index (χ2v) is 9.16. The minimum atomic E-state index is -0.530. The number of thiophene rings is 1. The second-order valence-electron chi connectivity index (χ2n) is 6.59. The number of nitrogens with zero attached hydrogens (tertiary/aromatic N) is 3. The largest absolute Gasteiger partial charge is 0.497 e. The number of halogens is 1. The third-order valence-electron chi connectivity index (χ3n) is 4.62. The summed E-state index contributed by atoms with van der Waals surface area (Å²) >= 11 is 8.85. The van der Waals surface area contributed by atoms with Crippen LogP contribution in [0.15, 0.2) is 48.1 Å². The van der Waals surface area contributed by atoms with Crippen LogP contribution in [-0.4, -0.2) is 34.7 Å². The van der Waals surface area contributed by atoms with Crippen LogP contribution in [0.4, 0.5) is 0 Å². The molecule has 1 unspecified atom stereocenters. The summed E-state index contributed by atoms with van der Waals surface area (Å²) in [5.74, 6) is 1.60. The van der Waals surface area contributed by atoms with E-state index in [1.54, 1.807) is 31.9 Å². The van der Waals surface area contributed by atoms with E-state index in [1.807, 2.05) is 42.1 Å². The third kappa shape index (κ3) is 4.58. The lowest BCUT2D eigenvalue weighted by atomic mass is 10.0. The van der Waals surface area contributed by atoms with Crippen molar-refractivity contribution < 1.29 is 14.3 Å². The van der Waals surface area contributed by atoms with E-state index in [0.29, 0.717) is 27.4 Å². The zero-order chi connectivity index (χ0) is 22.0. The van der Waals surface area contributed by atoms with Crippen molar-refractivity contribution in [3.05, 3.63) is 69.5 Å². The Kier molecular flexibility index (Phi) is 6.26. The fourth-order valence-electron chi connectivity index (χ4n) is 3.07. The topological polar surface area (TPSA) is 78.3 Å². The molecule has 31 heavy (non-hydrogen) atoms. The summed E-state index contributed by atoms with van der Waals surface area (Å²) in [5.41, 5.74) is 1.11. The average Bonchev–Trinajstić information content (AvgIpc) is 3.52. The molecule has 0 aliphatic carbocycles. The Labute approximate surface area is 192 Å². The maximum absolute atomic E-state index is 13.1. The molecule has 10 heteroatoms. The maximum atomic E-state index is 13.1. The number of methoxy groups -OCH3 is 2. The van der Waals surface area contributed by atoms with Crippen molar-refractivity contribution in [2.75, 3.05) is 14.2 Å². The predicted octanol–water partition coefficient (Wildman–Crippen LogP) is 4.80. The number of aryl methyl sites for hydroxylation is 1. The summed E-state index contributed by atoms with van der Waals surface area (Å²) in [6.45, 7) is 0. The van der Waals surface area contributed by atoms with Gasteiger partial charge in [0.25, 0.3) is 5.91 Å². The number of hydrogen-bond donors (Lipinski definition) is 1. The van der Waals surface area contributed by atoms with Gasteiger partial charge in [0.1, 0.15) is 34.1 Å². The molecule has 0 radical (unpaired) electrons. The zero-order valence-corrected chi connectivity index (χ0v) is 19.3. The molecule has 1 N–H and O–H groups in total. The quantitative estimate of drug-likeness (QED) is 0.416. The molecule has 0 saturated heterocycles. The van der Waals surface area contributed by atoms with Crippen LogP contribution in [0.1, 0.15) is 27.9 Å². The lowest BCUT2D eigenvalue weighted by molar-refractivity contribution is 0.0936. The first-order valence-electron chi connectivity index (χ1n) is 9.20. The second kappa shape index (κ2) is 9.09. The number of nitrogens with one attached hydrogen (secondary N) is 1. The van der Waals surface area contributed by atoms with Crippen LogP contribution < -0.4 is 14.8 Å². The van der Waals surface area contributed by atoms with Gasteiger partial charge in [0.2, 0.25) is 0 Å². The van der Waals surface area contributed by atoms with Gasteiger partial charge >= 0.3 is 0 Å². The molecule has 0 fully saturated rings. The van der Waals surface area contributed by atoms with Gasteiger partial charge in [-0.2, -0.15) is 0 Å². The highest BCUT2D eigenvalue weighted by Gasteiger charge is 2.24. The SMILES string of the molecule is COc1cc(OC)cc(C(NC(=O)c2csc(-c3ccc(Cl)s3)n2)c2nccn2C)c1. The number of imidazole rings is 1. The Morgan fingerprint density at radius 3 is 2.52 bits per heavy atom. The monoisotopic (exact) mass is 474 g/mol. The highest BCUT2D eigenvalue weighted by atomic mass is 35.5. The Morgan fingerprint density at radius 2 is 1.94 bits per heavy atom. The number of benzene rings is 1. The first kappa shape index (κ1) is 21.4. The van der Waals surface area contributed by atoms with Crippen molar-refractivity contribution in [3.8, 4) is 21.4 Å². The molecule has 160 valence electrons. The summed E-state index contributed by atoms with van der Waals surface area (Å²) in [5, 5.41) is 5.54. The van der Waals surface area contributed by atoms with E-state index in [9.17, 15) is 4.79 Å². The molecule has 4 aromatic rings. The molecule has 0 saturated carbocycles. The van der Waals surface area contributed by atoms with Crippen molar-refractivity contribution >= 4 is 40.2 Å². The van der Waals surface area contributed by atoms with E-state index in [2.05, 4.69) is 15.3 Å². The van der Waals surface area contributed by atoms with Gasteiger partial charge in [-0.3, -0.25) is 4.79 Å². The first-order chi connectivity index (χ1) is 15.0. The van der Waals surface area contributed by atoms with Gasteiger partial charge in [-0.15, -0.1) is 22.7 Å². The van der Waals surface area contributed by atoms with Crippen LogP contribution in [0.2, 0.25) is 4.34 Å². The maximum Gasteiger partial charge on any atom is 0.271 e. The average molecular weight is 475 g/mol. The number of ether oxygens (including phenoxy) is 2. The van der Waals surface area contributed by atoms with E-state index in [4.69, 9.17) is 21.1 Å². The molecule has 4 rings (SSSR count). The highest BCUT2D eigenvalue weighted by Crippen LogP contribution is 2.33. The summed E-state index contributed by atoms with van der Waals surface area (Å²) in [7, 11) is 5.04. The summed E-state index contributed by atoms with van der Waals surface area (Å²) in [6, 6.07) is 8.66. The number of thiazole rings is 1. The lowest BCUT2D eigenvalue weighted by Crippen LogP contribution is -2.31. The third-order valence-corrected chi connectivity index (χ3v) is 6.86. The van der Waals surface area contributed by atoms with Gasteiger partial charge in [-0.05, 0) is 29.8 Å². The molecule has 1 aromatic carbocycles. The number of rotatable bonds is 7. The van der Waals surface area contributed by atoms with Crippen LogP contribution in [0.25, 0.3) is 9.88 Å². The van der Waals surface area contributed by atoms with E-state index >= 15 is 0 Å². The summed E-state index contributed by atoms with van der Waals surface area (Å²) in [6.07, 6.45) is 3.51. The van der Waals surface area contributed by atoms with Gasteiger partial charge < -0.3 is 19.4 Å². The number of carbonyl (C=O) groups is 1. The van der Waals surface area contributed by atoms with Gasteiger partial charge in [0.15, 0.2) is 0 Å². The minimum Gasteiger partial charge on any atom is -0.497 e. The van der Waals surface area contributed by atoms with Crippen molar-refractivity contribution in [2.45, 2.75) is 6.04 Å². The Balaban J connectivity index is 1.67. The predicted molar refractivity (Wildman–Crippen MR) is 123 cm³/mol. The molecular weight excluding hydrogens is 456 g/mol. The van der Waals surface area contributed by atoms with Crippen molar-refractivity contribution in [1.82, 2.24) is 19.9 Å². The van der Waals surface area contributed by atoms with Crippen LogP contribution in [0, 0.1) is 0 Å². The molecule has 0 spiro atoms. The van der Waals surface area contributed by atoms with Crippen LogP contribution in [0.3, 0.4) is 0 Å². The molecule has 3 heterocycles. The standard InChI is InChI=1S/C21H19ClN4O3S2/c1-26-7-6-23-19(26)18(12-8-13(28-2)10-14(9-12)29-3)25-20(27)15-11-30-21(24-15)16-4-5-17(22)31-16/h4-11,18H,1-3H3,(H,25,27). The molecule has 0 aliphatic heterocycles. The van der Waals surface area contributed by atoms with Crippen LogP contribution >= 0.6 is 34.3 Å². The smallest absolute Gasteiger partial charge is 0.271 e. The number of hydrogen-bond acceptors (Lipinski definition) is 7. The molecule has 0 bridgehead atoms. The Morgan fingerprint density at radius 1 is 1.19 bits per heavy atom. The van der Waals surface area contributed by atoms with E-state index in [-0.39, 0.29) is 5.91 Å². The Hall–Kier alpha value is -2.88. The summed E-state index contributed by atoms with van der Waals surface area (Å²) < 4.78 is 13.3. The normalized spacial score (nSPS) is 11.9. The number of carbonyl (C=O) groups excluding carboxylic acids is 1. The van der Waals surface area contributed by atoms with Gasteiger partial charge in [0.05, 0.1) is 23.4 Å². The van der Waals surface area contributed by atoms with E-state index in [1.165, 1.54) is 22.7 Å². The number of aromatic nitrogens is 3. The highest BCUT2D eigenvalue weighted by molar-refractivity contribution is 7.23. The molecule has 3 aromatic heterocycles. The van der Waals surface area contributed by atoms with E-state index < -0.39 is 6.04 Å². The van der Waals surface area contributed by atoms with Gasteiger partial charge in [-0.1, -0.05) is 11.6 Å². The minimum absolute atomic E-state index is 0.306. The molecule has 1 atom stereocenters. The van der Waals surface area contributed by atoms with Gasteiger partial charge in [-0.25, -0.2) is 9.97 Å². The lowest BCUT2D eigenvalue weighted by Gasteiger charge is -2.20. The fourth-order valence-corrected chi connectivity index (χ4v) is 4.99. The van der Waals surface area contributed by atoms with Crippen LogP contribution in [-0.2, 0) is 7.05 Å². The molecule has 1 amide bonds. The zero-order valence-electron chi connectivity index (χ0n) is 17.0.